The molecule has 100 valence electrons. The lowest BCUT2D eigenvalue weighted by atomic mass is 9.74. The minimum atomic E-state index is -0.302. The van der Waals surface area contributed by atoms with Gasteiger partial charge in [0.15, 0.2) is 0 Å². The number of H-pyrrole nitrogens is 1. The van der Waals surface area contributed by atoms with E-state index >= 15 is 0 Å². The van der Waals surface area contributed by atoms with Crippen molar-refractivity contribution in [2.24, 2.45) is 11.3 Å². The van der Waals surface area contributed by atoms with Gasteiger partial charge in [0.2, 0.25) is 5.91 Å². The van der Waals surface area contributed by atoms with Gasteiger partial charge in [0.05, 0.1) is 0 Å². The molecule has 1 amide bonds. The molecule has 0 radical (unpaired) electrons. The molecule has 1 saturated heterocycles. The first-order valence-electron chi connectivity index (χ1n) is 6.71. The summed E-state index contributed by atoms with van der Waals surface area (Å²) in [5, 5.41) is 6.42. The van der Waals surface area contributed by atoms with Crippen molar-refractivity contribution in [3.8, 4) is 0 Å². The maximum absolute atomic E-state index is 12.3. The molecule has 0 saturated carbocycles. The molecular formula is C14H23N3O. The normalized spacial score (nSPS) is 20.7. The van der Waals surface area contributed by atoms with Crippen LogP contribution in [-0.2, 0) is 11.3 Å². The summed E-state index contributed by atoms with van der Waals surface area (Å²) in [6.45, 7) is 6.74. The van der Waals surface area contributed by atoms with Crippen LogP contribution in [0.2, 0.25) is 0 Å². The maximum atomic E-state index is 12.3. The highest BCUT2D eigenvalue weighted by molar-refractivity contribution is 5.82. The Morgan fingerprint density at radius 3 is 3.00 bits per heavy atom. The first-order valence-corrected chi connectivity index (χ1v) is 6.71. The van der Waals surface area contributed by atoms with E-state index in [0.29, 0.717) is 12.5 Å². The number of amides is 1. The van der Waals surface area contributed by atoms with Crippen LogP contribution in [0.15, 0.2) is 18.5 Å². The van der Waals surface area contributed by atoms with Gasteiger partial charge in [-0.25, -0.2) is 0 Å². The van der Waals surface area contributed by atoms with Gasteiger partial charge in [-0.15, -0.1) is 0 Å². The third kappa shape index (κ3) is 2.93. The fourth-order valence-corrected chi connectivity index (χ4v) is 2.53. The Bertz CT molecular complexity index is 378. The second-order valence-electron chi connectivity index (χ2n) is 5.67. The molecule has 1 aromatic rings. The predicted molar refractivity (Wildman–Crippen MR) is 72.0 cm³/mol. The van der Waals surface area contributed by atoms with Gasteiger partial charge >= 0.3 is 0 Å². The van der Waals surface area contributed by atoms with Crippen molar-refractivity contribution in [1.29, 1.82) is 0 Å². The molecule has 4 nitrogen and oxygen atoms in total. The number of carbonyl (C=O) groups excluding carboxylic acids is 1. The monoisotopic (exact) mass is 249 g/mol. The Labute approximate surface area is 109 Å². The molecule has 1 aromatic heterocycles. The predicted octanol–water partition coefficient (Wildman–Crippen LogP) is 1.66. The van der Waals surface area contributed by atoms with E-state index in [1.165, 1.54) is 6.42 Å². The lowest BCUT2D eigenvalue weighted by molar-refractivity contribution is -0.132. The largest absolute Gasteiger partial charge is 0.367 e. The SMILES string of the molecule is CC(C)(C(=O)NCc1cc[nH]c1)C1CCCNC1. The van der Waals surface area contributed by atoms with Crippen LogP contribution >= 0.6 is 0 Å². The van der Waals surface area contributed by atoms with Gasteiger partial charge < -0.3 is 15.6 Å². The van der Waals surface area contributed by atoms with Gasteiger partial charge in [-0.2, -0.15) is 0 Å². The number of hydrogen-bond donors (Lipinski definition) is 3. The fraction of sp³-hybridized carbons (Fsp3) is 0.643. The molecule has 0 aliphatic carbocycles. The van der Waals surface area contributed by atoms with Gasteiger partial charge in [-0.1, -0.05) is 13.8 Å². The van der Waals surface area contributed by atoms with E-state index in [2.05, 4.69) is 29.5 Å². The van der Waals surface area contributed by atoms with E-state index < -0.39 is 0 Å². The van der Waals surface area contributed by atoms with Crippen LogP contribution < -0.4 is 10.6 Å². The van der Waals surface area contributed by atoms with Gasteiger partial charge in [-0.05, 0) is 43.5 Å². The summed E-state index contributed by atoms with van der Waals surface area (Å²) in [5.74, 6) is 0.579. The quantitative estimate of drug-likeness (QED) is 0.760. The molecule has 1 aliphatic rings. The Morgan fingerprint density at radius 1 is 1.56 bits per heavy atom. The summed E-state index contributed by atoms with van der Waals surface area (Å²) in [6.07, 6.45) is 6.09. The zero-order valence-corrected chi connectivity index (χ0v) is 11.3. The molecule has 1 unspecified atom stereocenters. The Balaban J connectivity index is 1.89. The van der Waals surface area contributed by atoms with Crippen molar-refractivity contribution in [1.82, 2.24) is 15.6 Å². The lowest BCUT2D eigenvalue weighted by Crippen LogP contribution is -2.47. The van der Waals surface area contributed by atoms with E-state index in [0.717, 1.165) is 25.1 Å². The first-order chi connectivity index (χ1) is 8.60. The zero-order chi connectivity index (χ0) is 13.0. The Kier molecular flexibility index (Phi) is 4.07. The van der Waals surface area contributed by atoms with Crippen LogP contribution in [0.4, 0.5) is 0 Å². The molecule has 0 spiro atoms. The number of aromatic nitrogens is 1. The van der Waals surface area contributed by atoms with Crippen molar-refractivity contribution < 1.29 is 4.79 Å². The third-order valence-electron chi connectivity index (χ3n) is 4.02. The van der Waals surface area contributed by atoms with Gasteiger partial charge in [0, 0.05) is 24.4 Å². The zero-order valence-electron chi connectivity index (χ0n) is 11.3. The topological polar surface area (TPSA) is 56.9 Å². The van der Waals surface area contributed by atoms with Crippen molar-refractivity contribution in [2.75, 3.05) is 13.1 Å². The van der Waals surface area contributed by atoms with Gasteiger partial charge in [-0.3, -0.25) is 4.79 Å². The molecule has 18 heavy (non-hydrogen) atoms. The average molecular weight is 249 g/mol. The third-order valence-corrected chi connectivity index (χ3v) is 4.02. The minimum Gasteiger partial charge on any atom is -0.367 e. The summed E-state index contributed by atoms with van der Waals surface area (Å²) in [5.41, 5.74) is 0.810. The molecule has 2 rings (SSSR count). The second-order valence-corrected chi connectivity index (χ2v) is 5.67. The molecule has 1 aliphatic heterocycles. The smallest absolute Gasteiger partial charge is 0.226 e. The Morgan fingerprint density at radius 2 is 2.39 bits per heavy atom. The number of piperidine rings is 1. The number of aromatic amines is 1. The molecule has 3 N–H and O–H groups in total. The van der Waals surface area contributed by atoms with E-state index in [1.807, 2.05) is 18.5 Å². The van der Waals surface area contributed by atoms with Crippen LogP contribution in [0.25, 0.3) is 0 Å². The molecule has 1 atom stereocenters. The number of carbonyl (C=O) groups is 1. The number of rotatable bonds is 4. The molecule has 2 heterocycles. The summed E-state index contributed by atoms with van der Waals surface area (Å²) < 4.78 is 0. The van der Waals surface area contributed by atoms with E-state index in [-0.39, 0.29) is 11.3 Å². The first kappa shape index (κ1) is 13.1. The lowest BCUT2D eigenvalue weighted by Gasteiger charge is -2.36. The van der Waals surface area contributed by atoms with Crippen LogP contribution in [-0.4, -0.2) is 24.0 Å². The van der Waals surface area contributed by atoms with Crippen molar-refractivity contribution >= 4 is 5.91 Å². The average Bonchev–Trinajstić information content (AvgIpc) is 2.90. The van der Waals surface area contributed by atoms with E-state index in [4.69, 9.17) is 0 Å². The van der Waals surface area contributed by atoms with Crippen molar-refractivity contribution in [3.63, 3.8) is 0 Å². The number of hydrogen-bond acceptors (Lipinski definition) is 2. The van der Waals surface area contributed by atoms with E-state index in [1.54, 1.807) is 0 Å². The minimum absolute atomic E-state index is 0.150. The number of nitrogens with one attached hydrogen (secondary N) is 3. The Hall–Kier alpha value is -1.29. The highest BCUT2D eigenvalue weighted by atomic mass is 16.2. The summed E-state index contributed by atoms with van der Waals surface area (Å²) in [6, 6.07) is 1.98. The van der Waals surface area contributed by atoms with Crippen LogP contribution in [0.5, 0.6) is 0 Å². The fourth-order valence-electron chi connectivity index (χ4n) is 2.53. The van der Waals surface area contributed by atoms with Crippen molar-refractivity contribution in [2.45, 2.75) is 33.2 Å². The van der Waals surface area contributed by atoms with Gasteiger partial charge in [0.25, 0.3) is 0 Å². The van der Waals surface area contributed by atoms with Crippen LogP contribution in [0.3, 0.4) is 0 Å². The van der Waals surface area contributed by atoms with Crippen LogP contribution in [0.1, 0.15) is 32.3 Å². The molecule has 1 fully saturated rings. The van der Waals surface area contributed by atoms with Gasteiger partial charge in [0.1, 0.15) is 0 Å². The highest BCUT2D eigenvalue weighted by Gasteiger charge is 2.36. The van der Waals surface area contributed by atoms with Crippen LogP contribution in [0, 0.1) is 11.3 Å². The maximum Gasteiger partial charge on any atom is 0.226 e. The molecule has 0 bridgehead atoms. The summed E-state index contributed by atoms with van der Waals surface area (Å²) in [4.78, 5) is 15.3. The molecule has 0 aromatic carbocycles. The summed E-state index contributed by atoms with van der Waals surface area (Å²) >= 11 is 0. The standard InChI is InChI=1S/C14H23N3O/c1-14(2,12-4-3-6-15-10-12)13(18)17-9-11-5-7-16-8-11/h5,7-8,12,15-16H,3-4,6,9-10H2,1-2H3,(H,17,18). The molecule has 4 heteroatoms. The van der Waals surface area contributed by atoms with Crippen molar-refractivity contribution in [3.05, 3.63) is 24.0 Å². The molecular weight excluding hydrogens is 226 g/mol. The highest BCUT2D eigenvalue weighted by Crippen LogP contribution is 2.31. The summed E-state index contributed by atoms with van der Waals surface area (Å²) in [7, 11) is 0. The van der Waals surface area contributed by atoms with E-state index in [9.17, 15) is 4.79 Å². The second kappa shape index (κ2) is 5.57.